The molecule has 1 amide bonds. The second kappa shape index (κ2) is 8.70. The maximum Gasteiger partial charge on any atom is 0.220 e. The summed E-state index contributed by atoms with van der Waals surface area (Å²) in [5.74, 6) is 0.704. The second-order valence-corrected chi connectivity index (χ2v) is 7.89. The van der Waals surface area contributed by atoms with Crippen LogP contribution in [0.25, 0.3) is 0 Å². The predicted octanol–water partition coefficient (Wildman–Crippen LogP) is 2.92. The van der Waals surface area contributed by atoms with Crippen LogP contribution >= 0.6 is 0 Å². The molecular weight excluding hydrogens is 336 g/mol. The van der Waals surface area contributed by atoms with Crippen molar-refractivity contribution in [2.75, 3.05) is 19.6 Å². The highest BCUT2D eigenvalue weighted by molar-refractivity contribution is 5.76. The normalized spacial score (nSPS) is 17.4. The number of likely N-dealkylation sites (tertiary alicyclic amines) is 1. The van der Waals surface area contributed by atoms with Crippen LogP contribution in [0.1, 0.15) is 40.9 Å². The third-order valence-electron chi connectivity index (χ3n) is 5.87. The van der Waals surface area contributed by atoms with Crippen LogP contribution in [0.3, 0.4) is 0 Å². The molecule has 1 aliphatic heterocycles. The molecule has 0 radical (unpaired) electrons. The number of benzene rings is 1. The molecule has 0 unspecified atom stereocenters. The van der Waals surface area contributed by atoms with Crippen molar-refractivity contribution in [3.63, 3.8) is 0 Å². The summed E-state index contributed by atoms with van der Waals surface area (Å²) in [6.07, 6.45) is 2.46. The molecule has 0 spiro atoms. The van der Waals surface area contributed by atoms with Gasteiger partial charge in [-0.1, -0.05) is 24.3 Å². The van der Waals surface area contributed by atoms with Crippen LogP contribution in [0.15, 0.2) is 24.3 Å². The molecule has 2 heterocycles. The molecule has 146 valence electrons. The molecular formula is C22H32N4O. The van der Waals surface area contributed by atoms with Gasteiger partial charge in [-0.25, -0.2) is 0 Å². The number of nitrogens with zero attached hydrogens (tertiary/aromatic N) is 3. The first kappa shape index (κ1) is 19.6. The third kappa shape index (κ3) is 4.98. The van der Waals surface area contributed by atoms with Gasteiger partial charge in [-0.05, 0) is 62.8 Å². The van der Waals surface area contributed by atoms with Crippen molar-refractivity contribution in [2.24, 2.45) is 13.0 Å². The van der Waals surface area contributed by atoms with Gasteiger partial charge < -0.3 is 5.32 Å². The smallest absolute Gasteiger partial charge is 0.220 e. The van der Waals surface area contributed by atoms with Crippen LogP contribution in [0.4, 0.5) is 0 Å². The molecule has 1 aromatic heterocycles. The number of hydrogen-bond donors (Lipinski definition) is 1. The quantitative estimate of drug-likeness (QED) is 0.817. The van der Waals surface area contributed by atoms with Gasteiger partial charge >= 0.3 is 0 Å². The average molecular weight is 369 g/mol. The fraction of sp³-hybridized carbons (Fsp3) is 0.545. The van der Waals surface area contributed by atoms with Crippen LogP contribution < -0.4 is 5.32 Å². The lowest BCUT2D eigenvalue weighted by Gasteiger charge is -2.17. The minimum atomic E-state index is 0.148. The fourth-order valence-corrected chi connectivity index (χ4v) is 4.02. The highest BCUT2D eigenvalue weighted by Gasteiger charge is 2.23. The van der Waals surface area contributed by atoms with E-state index < -0.39 is 0 Å². The van der Waals surface area contributed by atoms with E-state index in [4.69, 9.17) is 0 Å². The van der Waals surface area contributed by atoms with Gasteiger partial charge in [0, 0.05) is 38.8 Å². The van der Waals surface area contributed by atoms with Gasteiger partial charge in [0.05, 0.1) is 5.69 Å². The third-order valence-corrected chi connectivity index (χ3v) is 5.87. The molecule has 1 atom stereocenters. The van der Waals surface area contributed by atoms with Crippen molar-refractivity contribution >= 4 is 5.91 Å². The summed E-state index contributed by atoms with van der Waals surface area (Å²) in [7, 11) is 1.95. The lowest BCUT2D eigenvalue weighted by atomic mass is 10.1. The summed E-state index contributed by atoms with van der Waals surface area (Å²) in [6, 6.07) is 8.60. The highest BCUT2D eigenvalue weighted by atomic mass is 16.1. The van der Waals surface area contributed by atoms with E-state index in [2.05, 4.69) is 53.4 Å². The number of carbonyl (C=O) groups excluding carboxylic acids is 1. The van der Waals surface area contributed by atoms with Gasteiger partial charge in [-0.15, -0.1) is 0 Å². The van der Waals surface area contributed by atoms with Gasteiger partial charge in [-0.3, -0.25) is 14.4 Å². The molecule has 5 heteroatoms. The predicted molar refractivity (Wildman–Crippen MR) is 109 cm³/mol. The molecule has 5 nitrogen and oxygen atoms in total. The van der Waals surface area contributed by atoms with Crippen LogP contribution in [0.2, 0.25) is 0 Å². The maximum absolute atomic E-state index is 12.3. The van der Waals surface area contributed by atoms with Gasteiger partial charge in [0.25, 0.3) is 0 Å². The standard InChI is InChI=1S/C22H32N4O/c1-16-7-5-6-8-20(16)15-26-12-11-19(14-26)13-23-22(27)10-9-21-17(2)24-25(4)18(21)3/h5-8,19H,9-15H2,1-4H3,(H,23,27)/t19-/m1/s1. The molecule has 0 aliphatic carbocycles. The molecule has 1 N–H and O–H groups in total. The zero-order chi connectivity index (χ0) is 19.4. The first-order valence-electron chi connectivity index (χ1n) is 9.96. The fourth-order valence-electron chi connectivity index (χ4n) is 4.02. The van der Waals surface area contributed by atoms with E-state index in [1.54, 1.807) is 0 Å². The van der Waals surface area contributed by atoms with E-state index in [-0.39, 0.29) is 5.91 Å². The average Bonchev–Trinajstić information content (AvgIpc) is 3.18. The molecule has 1 saturated heterocycles. The van der Waals surface area contributed by atoms with Crippen molar-refractivity contribution in [1.82, 2.24) is 20.0 Å². The Bertz CT molecular complexity index is 796. The summed E-state index contributed by atoms with van der Waals surface area (Å²) in [5.41, 5.74) is 6.16. The minimum absolute atomic E-state index is 0.148. The molecule has 1 aromatic carbocycles. The number of nitrogens with one attached hydrogen (secondary N) is 1. The Hall–Kier alpha value is -2.14. The van der Waals surface area contributed by atoms with Gasteiger partial charge in [0.2, 0.25) is 5.91 Å². The van der Waals surface area contributed by atoms with Gasteiger partial charge in [-0.2, -0.15) is 5.10 Å². The Morgan fingerprint density at radius 2 is 2.04 bits per heavy atom. The number of rotatable bonds is 7. The monoisotopic (exact) mass is 368 g/mol. The summed E-state index contributed by atoms with van der Waals surface area (Å²) in [4.78, 5) is 14.8. The van der Waals surface area contributed by atoms with Gasteiger partial charge in [0.1, 0.15) is 0 Å². The summed E-state index contributed by atoms with van der Waals surface area (Å²) < 4.78 is 1.89. The van der Waals surface area contributed by atoms with Crippen molar-refractivity contribution in [2.45, 2.75) is 46.6 Å². The van der Waals surface area contributed by atoms with Crippen LogP contribution in [-0.4, -0.2) is 40.2 Å². The van der Waals surface area contributed by atoms with Gasteiger partial charge in [0.15, 0.2) is 0 Å². The number of amides is 1. The number of hydrogen-bond acceptors (Lipinski definition) is 3. The van der Waals surface area contributed by atoms with E-state index in [1.807, 2.05) is 18.7 Å². The molecule has 1 fully saturated rings. The molecule has 2 aromatic rings. The zero-order valence-electron chi connectivity index (χ0n) is 17.1. The van der Waals surface area contributed by atoms with Crippen molar-refractivity contribution in [1.29, 1.82) is 0 Å². The van der Waals surface area contributed by atoms with E-state index >= 15 is 0 Å². The summed E-state index contributed by atoms with van der Waals surface area (Å²) in [5, 5.41) is 7.57. The molecule has 0 bridgehead atoms. The largest absolute Gasteiger partial charge is 0.356 e. The Kier molecular flexibility index (Phi) is 6.32. The van der Waals surface area contributed by atoms with Crippen LogP contribution in [0.5, 0.6) is 0 Å². The van der Waals surface area contributed by atoms with Crippen molar-refractivity contribution in [3.8, 4) is 0 Å². The summed E-state index contributed by atoms with van der Waals surface area (Å²) in [6.45, 7) is 10.2. The molecule has 27 heavy (non-hydrogen) atoms. The number of carbonyl (C=O) groups is 1. The minimum Gasteiger partial charge on any atom is -0.356 e. The Labute approximate surface area is 162 Å². The lowest BCUT2D eigenvalue weighted by Crippen LogP contribution is -2.31. The molecule has 1 aliphatic rings. The SMILES string of the molecule is Cc1ccccc1CN1CC[C@H](CNC(=O)CCc2c(C)nn(C)c2C)C1. The second-order valence-electron chi connectivity index (χ2n) is 7.89. The number of aromatic nitrogens is 2. The van der Waals surface area contributed by atoms with E-state index in [9.17, 15) is 4.79 Å². The molecule has 3 rings (SSSR count). The Balaban J connectivity index is 1.40. The zero-order valence-corrected chi connectivity index (χ0v) is 17.1. The Morgan fingerprint density at radius 1 is 1.26 bits per heavy atom. The van der Waals surface area contributed by atoms with Crippen molar-refractivity contribution < 1.29 is 4.79 Å². The van der Waals surface area contributed by atoms with Crippen LogP contribution in [0, 0.1) is 26.7 Å². The lowest BCUT2D eigenvalue weighted by molar-refractivity contribution is -0.121. The van der Waals surface area contributed by atoms with Crippen molar-refractivity contribution in [3.05, 3.63) is 52.3 Å². The Morgan fingerprint density at radius 3 is 2.74 bits per heavy atom. The van der Waals surface area contributed by atoms with Crippen LogP contribution in [-0.2, 0) is 24.8 Å². The summed E-state index contributed by atoms with van der Waals surface area (Å²) >= 11 is 0. The first-order chi connectivity index (χ1) is 12.9. The maximum atomic E-state index is 12.3. The van der Waals surface area contributed by atoms with E-state index in [0.29, 0.717) is 12.3 Å². The number of aryl methyl sites for hydroxylation is 3. The topological polar surface area (TPSA) is 50.2 Å². The van der Waals surface area contributed by atoms with E-state index in [1.165, 1.54) is 16.7 Å². The van der Waals surface area contributed by atoms with E-state index in [0.717, 1.165) is 50.4 Å². The molecule has 0 saturated carbocycles. The first-order valence-corrected chi connectivity index (χ1v) is 9.96. The highest BCUT2D eigenvalue weighted by Crippen LogP contribution is 2.20.